The lowest BCUT2D eigenvalue weighted by atomic mass is 10.2. The molecule has 0 saturated heterocycles. The summed E-state index contributed by atoms with van der Waals surface area (Å²) in [4.78, 5) is 15.3. The first-order valence-electron chi connectivity index (χ1n) is 8.53. The summed E-state index contributed by atoms with van der Waals surface area (Å²) < 4.78 is 7.81. The molecule has 2 aromatic heterocycles. The predicted octanol–water partition coefficient (Wildman–Crippen LogP) is 3.57. The maximum absolute atomic E-state index is 11.0. The van der Waals surface area contributed by atoms with Crippen LogP contribution in [0.3, 0.4) is 0 Å². The Labute approximate surface area is 165 Å². The maximum Gasteiger partial charge on any atom is 0.313 e. The molecule has 0 radical (unpaired) electrons. The highest BCUT2D eigenvalue weighted by atomic mass is 32.2. The molecule has 28 heavy (non-hydrogen) atoms. The Morgan fingerprint density at radius 3 is 2.68 bits per heavy atom. The van der Waals surface area contributed by atoms with Gasteiger partial charge in [-0.25, -0.2) is 0 Å². The second kappa shape index (κ2) is 8.10. The van der Waals surface area contributed by atoms with E-state index in [2.05, 4.69) is 15.2 Å². The molecule has 0 aliphatic carbocycles. The Kier molecular flexibility index (Phi) is 5.20. The standard InChI is InChI=1S/C20H16N4O3S/c25-18(26)13-28-20-23-22-17(24(20)15-8-2-1-3-9-15)12-27-16-10-4-6-14-7-5-11-21-19(14)16/h1-11H,12-13H2,(H,25,26). The van der Waals surface area contributed by atoms with Gasteiger partial charge in [0.1, 0.15) is 17.9 Å². The van der Waals surface area contributed by atoms with Gasteiger partial charge < -0.3 is 9.84 Å². The van der Waals surface area contributed by atoms with Gasteiger partial charge in [-0.1, -0.05) is 48.2 Å². The summed E-state index contributed by atoms with van der Waals surface area (Å²) in [6.45, 7) is 0.172. The SMILES string of the molecule is O=C(O)CSc1nnc(COc2cccc3cccnc23)n1-c1ccccc1. The molecule has 0 aliphatic rings. The average molecular weight is 392 g/mol. The number of fused-ring (bicyclic) bond motifs is 1. The maximum atomic E-state index is 11.0. The number of hydrogen-bond donors (Lipinski definition) is 1. The third kappa shape index (κ3) is 3.81. The zero-order chi connectivity index (χ0) is 19.3. The lowest BCUT2D eigenvalue weighted by Gasteiger charge is -2.11. The molecule has 0 bridgehead atoms. The minimum atomic E-state index is -0.910. The number of aromatic nitrogens is 4. The van der Waals surface area contributed by atoms with E-state index in [1.807, 2.05) is 65.2 Å². The van der Waals surface area contributed by atoms with Crippen molar-refractivity contribution in [3.63, 3.8) is 0 Å². The molecule has 4 rings (SSSR count). The Bertz CT molecular complexity index is 1110. The van der Waals surface area contributed by atoms with Gasteiger partial charge in [-0.05, 0) is 24.3 Å². The molecular formula is C20H16N4O3S. The summed E-state index contributed by atoms with van der Waals surface area (Å²) in [6.07, 6.45) is 1.72. The monoisotopic (exact) mass is 392 g/mol. The number of carboxylic acid groups (broad SMARTS) is 1. The molecule has 0 spiro atoms. The number of rotatable bonds is 7. The zero-order valence-corrected chi connectivity index (χ0v) is 15.5. The van der Waals surface area contributed by atoms with E-state index >= 15 is 0 Å². The van der Waals surface area contributed by atoms with Crippen LogP contribution in [-0.4, -0.2) is 36.6 Å². The predicted molar refractivity (Wildman–Crippen MR) is 106 cm³/mol. The van der Waals surface area contributed by atoms with Crippen molar-refractivity contribution in [1.82, 2.24) is 19.7 Å². The van der Waals surface area contributed by atoms with Crippen LogP contribution in [-0.2, 0) is 11.4 Å². The van der Waals surface area contributed by atoms with Crippen molar-refractivity contribution in [2.24, 2.45) is 0 Å². The van der Waals surface area contributed by atoms with Crippen molar-refractivity contribution in [3.05, 3.63) is 72.7 Å². The summed E-state index contributed by atoms with van der Waals surface area (Å²) >= 11 is 1.12. The highest BCUT2D eigenvalue weighted by molar-refractivity contribution is 7.99. The zero-order valence-electron chi connectivity index (χ0n) is 14.7. The van der Waals surface area contributed by atoms with Crippen molar-refractivity contribution < 1.29 is 14.6 Å². The van der Waals surface area contributed by atoms with Gasteiger partial charge in [0.2, 0.25) is 0 Å². The fourth-order valence-electron chi connectivity index (χ4n) is 2.78. The highest BCUT2D eigenvalue weighted by Gasteiger charge is 2.16. The largest absolute Gasteiger partial charge is 0.483 e. The van der Waals surface area contributed by atoms with Gasteiger partial charge in [0.05, 0.1) is 5.75 Å². The molecule has 0 fully saturated rings. The normalized spacial score (nSPS) is 10.9. The highest BCUT2D eigenvalue weighted by Crippen LogP contribution is 2.26. The van der Waals surface area contributed by atoms with Crippen molar-refractivity contribution in [2.75, 3.05) is 5.75 Å². The van der Waals surface area contributed by atoms with Crippen molar-refractivity contribution in [2.45, 2.75) is 11.8 Å². The van der Waals surface area contributed by atoms with Gasteiger partial charge in [-0.15, -0.1) is 10.2 Å². The van der Waals surface area contributed by atoms with E-state index in [1.165, 1.54) is 0 Å². The molecule has 0 saturated carbocycles. The van der Waals surface area contributed by atoms with Crippen LogP contribution >= 0.6 is 11.8 Å². The van der Waals surface area contributed by atoms with Gasteiger partial charge in [-0.2, -0.15) is 0 Å². The summed E-state index contributed by atoms with van der Waals surface area (Å²) in [7, 11) is 0. The minimum Gasteiger partial charge on any atom is -0.483 e. The lowest BCUT2D eigenvalue weighted by molar-refractivity contribution is -0.133. The number of benzene rings is 2. The fraction of sp³-hybridized carbons (Fsp3) is 0.100. The first-order valence-corrected chi connectivity index (χ1v) is 9.52. The second-order valence-electron chi connectivity index (χ2n) is 5.87. The Morgan fingerprint density at radius 2 is 1.86 bits per heavy atom. The summed E-state index contributed by atoms with van der Waals surface area (Å²) in [5, 5.41) is 18.9. The van der Waals surface area contributed by atoms with Crippen LogP contribution in [0.4, 0.5) is 0 Å². The quantitative estimate of drug-likeness (QED) is 0.481. The van der Waals surface area contributed by atoms with Crippen LogP contribution in [0.2, 0.25) is 0 Å². The van der Waals surface area contributed by atoms with Crippen molar-refractivity contribution in [1.29, 1.82) is 0 Å². The second-order valence-corrected chi connectivity index (χ2v) is 6.81. The average Bonchev–Trinajstić information content (AvgIpc) is 3.14. The van der Waals surface area contributed by atoms with Gasteiger partial charge in [0, 0.05) is 17.3 Å². The van der Waals surface area contributed by atoms with E-state index in [1.54, 1.807) is 6.20 Å². The molecule has 0 aliphatic heterocycles. The molecule has 0 atom stereocenters. The third-order valence-corrected chi connectivity index (χ3v) is 4.91. The molecule has 7 nitrogen and oxygen atoms in total. The van der Waals surface area contributed by atoms with E-state index in [0.29, 0.717) is 16.7 Å². The first kappa shape index (κ1) is 18.0. The number of ether oxygens (including phenoxy) is 1. The number of hydrogen-bond acceptors (Lipinski definition) is 6. The van der Waals surface area contributed by atoms with E-state index in [4.69, 9.17) is 9.84 Å². The smallest absolute Gasteiger partial charge is 0.313 e. The lowest BCUT2D eigenvalue weighted by Crippen LogP contribution is -2.08. The van der Waals surface area contributed by atoms with Crippen LogP contribution in [0.15, 0.2) is 72.0 Å². The molecule has 0 unspecified atom stereocenters. The number of nitrogens with zero attached hydrogens (tertiary/aromatic N) is 4. The van der Waals surface area contributed by atoms with E-state index in [0.717, 1.165) is 28.4 Å². The number of pyridine rings is 1. The number of carboxylic acids is 1. The number of aliphatic carboxylic acids is 1. The molecule has 8 heteroatoms. The Morgan fingerprint density at radius 1 is 1.04 bits per heavy atom. The van der Waals surface area contributed by atoms with Crippen LogP contribution < -0.4 is 4.74 Å². The van der Waals surface area contributed by atoms with Crippen molar-refractivity contribution in [3.8, 4) is 11.4 Å². The minimum absolute atomic E-state index is 0.0981. The van der Waals surface area contributed by atoms with Gasteiger partial charge >= 0.3 is 5.97 Å². The number of carbonyl (C=O) groups is 1. The number of thioether (sulfide) groups is 1. The van der Waals surface area contributed by atoms with Gasteiger partial charge in [0.25, 0.3) is 0 Å². The fourth-order valence-corrected chi connectivity index (χ4v) is 3.48. The Balaban J connectivity index is 1.65. The van der Waals surface area contributed by atoms with Crippen LogP contribution in [0.1, 0.15) is 5.82 Å². The van der Waals surface area contributed by atoms with E-state index < -0.39 is 5.97 Å². The van der Waals surface area contributed by atoms with Gasteiger partial charge in [0.15, 0.2) is 11.0 Å². The van der Waals surface area contributed by atoms with E-state index in [-0.39, 0.29) is 12.4 Å². The summed E-state index contributed by atoms with van der Waals surface area (Å²) in [5.74, 6) is 0.221. The first-order chi connectivity index (χ1) is 13.7. The molecule has 1 N–H and O–H groups in total. The van der Waals surface area contributed by atoms with Gasteiger partial charge in [-0.3, -0.25) is 14.3 Å². The van der Waals surface area contributed by atoms with Crippen LogP contribution in [0.5, 0.6) is 5.75 Å². The molecule has 140 valence electrons. The van der Waals surface area contributed by atoms with Crippen LogP contribution in [0.25, 0.3) is 16.6 Å². The summed E-state index contributed by atoms with van der Waals surface area (Å²) in [6, 6.07) is 19.1. The molecule has 2 aromatic carbocycles. The number of para-hydroxylation sites is 2. The van der Waals surface area contributed by atoms with Crippen LogP contribution in [0, 0.1) is 0 Å². The summed E-state index contributed by atoms with van der Waals surface area (Å²) in [5.41, 5.74) is 1.62. The topological polar surface area (TPSA) is 90.1 Å². The van der Waals surface area contributed by atoms with Crippen molar-refractivity contribution >= 4 is 28.6 Å². The molecular weight excluding hydrogens is 376 g/mol. The molecule has 2 heterocycles. The Hall–Kier alpha value is -3.39. The molecule has 0 amide bonds. The van der Waals surface area contributed by atoms with E-state index in [9.17, 15) is 4.79 Å². The molecule has 4 aromatic rings. The third-order valence-electron chi connectivity index (χ3n) is 3.99.